The average Bonchev–Trinajstić information content (AvgIpc) is 2.84. The molecular weight excluding hydrogens is 240 g/mol. The fourth-order valence-corrected chi connectivity index (χ4v) is 2.47. The first-order valence-electron chi connectivity index (χ1n) is 6.77. The van der Waals surface area contributed by atoms with Gasteiger partial charge in [-0.1, -0.05) is 31.2 Å². The van der Waals surface area contributed by atoms with Gasteiger partial charge in [0.2, 0.25) is 0 Å². The highest BCUT2D eigenvalue weighted by Crippen LogP contribution is 2.22. The van der Waals surface area contributed by atoms with Crippen molar-refractivity contribution in [1.29, 1.82) is 0 Å². The summed E-state index contributed by atoms with van der Waals surface area (Å²) in [5.74, 6) is 0.372. The second-order valence-corrected chi connectivity index (χ2v) is 5.22. The van der Waals surface area contributed by atoms with Crippen LogP contribution in [0, 0.1) is 5.92 Å². The summed E-state index contributed by atoms with van der Waals surface area (Å²) in [6.45, 7) is 3.83. The predicted molar refractivity (Wildman–Crippen MR) is 74.3 cm³/mol. The second kappa shape index (κ2) is 6.17. The Morgan fingerprint density at radius 3 is 2.68 bits per heavy atom. The van der Waals surface area contributed by atoms with Gasteiger partial charge in [0, 0.05) is 26.7 Å². The molecule has 1 heterocycles. The van der Waals surface area contributed by atoms with Gasteiger partial charge in [0.15, 0.2) is 0 Å². The summed E-state index contributed by atoms with van der Waals surface area (Å²) < 4.78 is 5.53. The first-order valence-corrected chi connectivity index (χ1v) is 6.77. The Morgan fingerprint density at radius 2 is 2.11 bits per heavy atom. The van der Waals surface area contributed by atoms with Crippen LogP contribution in [0.15, 0.2) is 24.3 Å². The van der Waals surface area contributed by atoms with Crippen LogP contribution in [0.25, 0.3) is 0 Å². The molecule has 2 atom stereocenters. The smallest absolute Gasteiger partial charge is 0.252 e. The van der Waals surface area contributed by atoms with Gasteiger partial charge in [-0.3, -0.25) is 4.79 Å². The normalized spacial score (nSPS) is 22.5. The molecule has 0 radical (unpaired) electrons. The van der Waals surface area contributed by atoms with Gasteiger partial charge in [0.05, 0.1) is 0 Å². The molecule has 2 N–H and O–H groups in total. The summed E-state index contributed by atoms with van der Waals surface area (Å²) in [5.41, 5.74) is 7.91. The zero-order chi connectivity index (χ0) is 13.8. The SMILES string of the molecule is CC1CCOC1C(=O)N(C)Cc1ccccc1CN. The van der Waals surface area contributed by atoms with Crippen LogP contribution >= 0.6 is 0 Å². The lowest BCUT2D eigenvalue weighted by Crippen LogP contribution is -2.38. The highest BCUT2D eigenvalue weighted by molar-refractivity contribution is 5.81. The van der Waals surface area contributed by atoms with Crippen molar-refractivity contribution in [2.45, 2.75) is 32.5 Å². The Bertz CT molecular complexity index is 448. The number of nitrogens with zero attached hydrogens (tertiary/aromatic N) is 1. The molecule has 1 aromatic carbocycles. The summed E-state index contributed by atoms with van der Waals surface area (Å²) in [4.78, 5) is 14.1. The average molecular weight is 262 g/mol. The molecule has 1 aliphatic heterocycles. The summed E-state index contributed by atoms with van der Waals surface area (Å²) in [6.07, 6.45) is 0.680. The van der Waals surface area contributed by atoms with Crippen molar-refractivity contribution in [1.82, 2.24) is 4.90 Å². The van der Waals surface area contributed by atoms with Crippen LogP contribution in [0.4, 0.5) is 0 Å². The second-order valence-electron chi connectivity index (χ2n) is 5.22. The third-order valence-electron chi connectivity index (χ3n) is 3.75. The van der Waals surface area contributed by atoms with E-state index in [1.165, 1.54) is 0 Å². The fourth-order valence-electron chi connectivity index (χ4n) is 2.47. The van der Waals surface area contributed by atoms with Crippen LogP contribution in [-0.4, -0.2) is 30.6 Å². The van der Waals surface area contributed by atoms with Gasteiger partial charge in [0.1, 0.15) is 6.10 Å². The number of hydrogen-bond donors (Lipinski definition) is 1. The Hall–Kier alpha value is -1.39. The van der Waals surface area contributed by atoms with Crippen molar-refractivity contribution in [3.05, 3.63) is 35.4 Å². The van der Waals surface area contributed by atoms with Crippen molar-refractivity contribution in [2.75, 3.05) is 13.7 Å². The Morgan fingerprint density at radius 1 is 1.42 bits per heavy atom. The number of hydrogen-bond acceptors (Lipinski definition) is 3. The summed E-state index contributed by atoms with van der Waals surface area (Å²) >= 11 is 0. The predicted octanol–water partition coefficient (Wildman–Crippen LogP) is 1.53. The zero-order valence-electron chi connectivity index (χ0n) is 11.6. The summed E-state index contributed by atoms with van der Waals surface area (Å²) in [6, 6.07) is 7.96. The maximum absolute atomic E-state index is 12.3. The molecule has 4 heteroatoms. The molecule has 1 fully saturated rings. The van der Waals surface area contributed by atoms with Crippen LogP contribution in [0.5, 0.6) is 0 Å². The monoisotopic (exact) mass is 262 g/mol. The summed E-state index contributed by atoms with van der Waals surface area (Å²) in [7, 11) is 1.82. The van der Waals surface area contributed by atoms with E-state index in [0.29, 0.717) is 25.6 Å². The van der Waals surface area contributed by atoms with Gasteiger partial charge in [0.25, 0.3) is 5.91 Å². The van der Waals surface area contributed by atoms with E-state index in [-0.39, 0.29) is 12.0 Å². The molecule has 2 rings (SSSR count). The third-order valence-corrected chi connectivity index (χ3v) is 3.75. The van der Waals surface area contributed by atoms with E-state index in [0.717, 1.165) is 17.5 Å². The molecule has 0 aliphatic carbocycles. The molecule has 2 unspecified atom stereocenters. The fraction of sp³-hybridized carbons (Fsp3) is 0.533. The number of carbonyl (C=O) groups excluding carboxylic acids is 1. The highest BCUT2D eigenvalue weighted by atomic mass is 16.5. The summed E-state index contributed by atoms with van der Waals surface area (Å²) in [5, 5.41) is 0. The van der Waals surface area contributed by atoms with E-state index in [2.05, 4.69) is 6.92 Å². The van der Waals surface area contributed by atoms with Crippen molar-refractivity contribution in [3.63, 3.8) is 0 Å². The van der Waals surface area contributed by atoms with Crippen LogP contribution in [0.3, 0.4) is 0 Å². The molecule has 0 saturated carbocycles. The Kier molecular flexibility index (Phi) is 4.56. The minimum atomic E-state index is -0.282. The molecular formula is C15H22N2O2. The van der Waals surface area contributed by atoms with E-state index in [4.69, 9.17) is 10.5 Å². The molecule has 1 saturated heterocycles. The minimum Gasteiger partial charge on any atom is -0.368 e. The molecule has 0 bridgehead atoms. The van der Waals surface area contributed by atoms with Gasteiger partial charge in [-0.25, -0.2) is 0 Å². The lowest BCUT2D eigenvalue weighted by atomic mass is 10.0. The third kappa shape index (κ3) is 3.14. The van der Waals surface area contributed by atoms with Crippen LogP contribution in [0.1, 0.15) is 24.5 Å². The van der Waals surface area contributed by atoms with E-state index in [1.807, 2.05) is 31.3 Å². The van der Waals surface area contributed by atoms with Gasteiger partial charge in [-0.05, 0) is 23.5 Å². The van der Waals surface area contributed by atoms with E-state index >= 15 is 0 Å². The standard InChI is InChI=1S/C15H22N2O2/c1-11-7-8-19-14(11)15(18)17(2)10-13-6-4-3-5-12(13)9-16/h3-6,11,14H,7-10,16H2,1-2H3. The van der Waals surface area contributed by atoms with E-state index < -0.39 is 0 Å². The number of nitrogens with two attached hydrogens (primary N) is 1. The van der Waals surface area contributed by atoms with Crippen LogP contribution in [0.2, 0.25) is 0 Å². The van der Waals surface area contributed by atoms with Gasteiger partial charge >= 0.3 is 0 Å². The Balaban J connectivity index is 2.04. The number of amides is 1. The molecule has 0 spiro atoms. The largest absolute Gasteiger partial charge is 0.368 e. The lowest BCUT2D eigenvalue weighted by molar-refractivity contribution is -0.141. The molecule has 1 aromatic rings. The maximum Gasteiger partial charge on any atom is 0.252 e. The van der Waals surface area contributed by atoms with Crippen molar-refractivity contribution >= 4 is 5.91 Å². The number of carbonyl (C=O) groups is 1. The van der Waals surface area contributed by atoms with Crippen LogP contribution < -0.4 is 5.73 Å². The van der Waals surface area contributed by atoms with E-state index in [9.17, 15) is 4.79 Å². The number of ether oxygens (including phenoxy) is 1. The molecule has 104 valence electrons. The molecule has 1 aliphatic rings. The number of benzene rings is 1. The van der Waals surface area contributed by atoms with Gasteiger partial charge in [-0.2, -0.15) is 0 Å². The Labute approximate surface area is 114 Å². The minimum absolute atomic E-state index is 0.0665. The van der Waals surface area contributed by atoms with Crippen molar-refractivity contribution in [3.8, 4) is 0 Å². The van der Waals surface area contributed by atoms with Crippen LogP contribution in [-0.2, 0) is 22.6 Å². The topological polar surface area (TPSA) is 55.6 Å². The molecule has 0 aromatic heterocycles. The maximum atomic E-state index is 12.3. The molecule has 4 nitrogen and oxygen atoms in total. The highest BCUT2D eigenvalue weighted by Gasteiger charge is 2.32. The van der Waals surface area contributed by atoms with Crippen molar-refractivity contribution in [2.24, 2.45) is 11.7 Å². The van der Waals surface area contributed by atoms with Gasteiger partial charge in [-0.15, -0.1) is 0 Å². The molecule has 19 heavy (non-hydrogen) atoms. The zero-order valence-corrected chi connectivity index (χ0v) is 11.6. The van der Waals surface area contributed by atoms with Gasteiger partial charge < -0.3 is 15.4 Å². The first kappa shape index (κ1) is 14.0. The number of rotatable bonds is 4. The van der Waals surface area contributed by atoms with Crippen molar-refractivity contribution < 1.29 is 9.53 Å². The van der Waals surface area contributed by atoms with E-state index in [1.54, 1.807) is 4.90 Å². The molecule has 1 amide bonds. The quantitative estimate of drug-likeness (QED) is 0.895. The first-order chi connectivity index (χ1) is 9.13. The number of likely N-dealkylation sites (N-methyl/N-ethyl adjacent to an activating group) is 1. The lowest BCUT2D eigenvalue weighted by Gasteiger charge is -2.23.